The smallest absolute Gasteiger partial charge is 0.233 e. The lowest BCUT2D eigenvalue weighted by Gasteiger charge is -2.13. The molecule has 2 aromatic rings. The molecule has 0 fully saturated rings. The van der Waals surface area contributed by atoms with Crippen molar-refractivity contribution in [1.82, 2.24) is 5.32 Å². The van der Waals surface area contributed by atoms with Crippen LogP contribution in [-0.4, -0.2) is 18.3 Å². The minimum Gasteiger partial charge on any atom is -0.494 e. The first-order chi connectivity index (χ1) is 11.4. The molecule has 0 aliphatic heterocycles. The molecule has 24 heavy (non-hydrogen) atoms. The van der Waals surface area contributed by atoms with Crippen molar-refractivity contribution in [2.24, 2.45) is 0 Å². The third-order valence-corrected chi connectivity index (χ3v) is 5.09. The van der Waals surface area contributed by atoms with Crippen molar-refractivity contribution in [2.45, 2.75) is 23.6 Å². The minimum absolute atomic E-state index is 0.171. The SMILES string of the molecule is COc1ccc(CNC(=O)C(C)Sc2cc(Cl)ccc2Cl)cc1F. The second-order valence-electron chi connectivity index (χ2n) is 5.02. The Morgan fingerprint density at radius 3 is 2.71 bits per heavy atom. The van der Waals surface area contributed by atoms with Crippen molar-refractivity contribution >= 4 is 40.9 Å². The summed E-state index contributed by atoms with van der Waals surface area (Å²) in [4.78, 5) is 12.9. The van der Waals surface area contributed by atoms with Gasteiger partial charge in [0.1, 0.15) is 0 Å². The maximum Gasteiger partial charge on any atom is 0.233 e. The van der Waals surface area contributed by atoms with E-state index in [4.69, 9.17) is 27.9 Å². The number of hydrogen-bond acceptors (Lipinski definition) is 3. The topological polar surface area (TPSA) is 38.3 Å². The van der Waals surface area contributed by atoms with Gasteiger partial charge in [0, 0.05) is 16.5 Å². The first kappa shape index (κ1) is 18.9. The average molecular weight is 388 g/mol. The van der Waals surface area contributed by atoms with Gasteiger partial charge in [0.2, 0.25) is 5.91 Å². The molecule has 1 atom stereocenters. The fourth-order valence-corrected chi connectivity index (χ4v) is 3.40. The summed E-state index contributed by atoms with van der Waals surface area (Å²) in [5.74, 6) is -0.464. The summed E-state index contributed by atoms with van der Waals surface area (Å²) in [6.07, 6.45) is 0. The summed E-state index contributed by atoms with van der Waals surface area (Å²) in [5, 5.41) is 3.50. The average Bonchev–Trinajstić information content (AvgIpc) is 2.56. The van der Waals surface area contributed by atoms with E-state index in [2.05, 4.69) is 5.32 Å². The number of hydrogen-bond donors (Lipinski definition) is 1. The summed E-state index contributed by atoms with van der Waals surface area (Å²) in [6.45, 7) is 2.00. The minimum atomic E-state index is -0.461. The number of methoxy groups -OCH3 is 1. The second kappa shape index (κ2) is 8.60. The van der Waals surface area contributed by atoms with Crippen molar-refractivity contribution < 1.29 is 13.9 Å². The largest absolute Gasteiger partial charge is 0.494 e. The predicted molar refractivity (Wildman–Crippen MR) is 96.6 cm³/mol. The van der Waals surface area contributed by atoms with E-state index in [9.17, 15) is 9.18 Å². The molecule has 1 N–H and O–H groups in total. The maximum absolute atomic E-state index is 13.6. The first-order valence-corrected chi connectivity index (χ1v) is 8.76. The van der Waals surface area contributed by atoms with E-state index in [1.54, 1.807) is 31.2 Å². The van der Waals surface area contributed by atoms with E-state index in [-0.39, 0.29) is 23.5 Å². The zero-order chi connectivity index (χ0) is 17.7. The van der Waals surface area contributed by atoms with Crippen LogP contribution in [0.4, 0.5) is 4.39 Å². The van der Waals surface area contributed by atoms with E-state index >= 15 is 0 Å². The molecule has 0 radical (unpaired) electrons. The number of benzene rings is 2. The van der Waals surface area contributed by atoms with E-state index < -0.39 is 5.82 Å². The molecule has 3 nitrogen and oxygen atoms in total. The highest BCUT2D eigenvalue weighted by atomic mass is 35.5. The van der Waals surface area contributed by atoms with Crippen molar-refractivity contribution in [3.05, 3.63) is 57.8 Å². The van der Waals surface area contributed by atoms with E-state index in [0.717, 1.165) is 4.90 Å². The fourth-order valence-electron chi connectivity index (χ4n) is 1.96. The van der Waals surface area contributed by atoms with Crippen molar-refractivity contribution in [2.75, 3.05) is 7.11 Å². The number of thioether (sulfide) groups is 1. The first-order valence-electron chi connectivity index (χ1n) is 7.12. The molecule has 2 rings (SSSR count). The Hall–Kier alpha value is -1.43. The maximum atomic E-state index is 13.6. The Kier molecular flexibility index (Phi) is 6.78. The zero-order valence-corrected chi connectivity index (χ0v) is 15.4. The number of halogens is 3. The van der Waals surface area contributed by atoms with Crippen LogP contribution in [0.3, 0.4) is 0 Å². The lowest BCUT2D eigenvalue weighted by molar-refractivity contribution is -0.120. The van der Waals surface area contributed by atoms with E-state index in [0.29, 0.717) is 15.6 Å². The fraction of sp³-hybridized carbons (Fsp3) is 0.235. The number of nitrogens with one attached hydrogen (secondary N) is 1. The summed E-state index contributed by atoms with van der Waals surface area (Å²) in [7, 11) is 1.40. The van der Waals surface area contributed by atoms with Crippen molar-refractivity contribution in [3.8, 4) is 5.75 Å². The third kappa shape index (κ3) is 5.03. The Bertz CT molecular complexity index is 743. The van der Waals surface area contributed by atoms with Crippen LogP contribution in [0.2, 0.25) is 10.0 Å². The molecule has 2 aromatic carbocycles. The summed E-state index contributed by atoms with van der Waals surface area (Å²) < 4.78 is 18.5. The number of amides is 1. The Balaban J connectivity index is 1.94. The van der Waals surface area contributed by atoms with Crippen LogP contribution in [0.5, 0.6) is 5.75 Å². The van der Waals surface area contributed by atoms with Crippen LogP contribution >= 0.6 is 35.0 Å². The lowest BCUT2D eigenvalue weighted by atomic mass is 10.2. The molecule has 0 spiro atoms. The van der Waals surface area contributed by atoms with Gasteiger partial charge in [0.15, 0.2) is 11.6 Å². The molecule has 0 aliphatic rings. The summed E-state index contributed by atoms with van der Waals surface area (Å²) in [6, 6.07) is 9.67. The van der Waals surface area contributed by atoms with Crippen LogP contribution in [0.1, 0.15) is 12.5 Å². The number of ether oxygens (including phenoxy) is 1. The van der Waals surface area contributed by atoms with E-state index in [1.807, 2.05) is 0 Å². The van der Waals surface area contributed by atoms with E-state index in [1.165, 1.54) is 31.0 Å². The van der Waals surface area contributed by atoms with Gasteiger partial charge >= 0.3 is 0 Å². The normalized spacial score (nSPS) is 11.9. The van der Waals surface area contributed by atoms with Crippen LogP contribution in [-0.2, 0) is 11.3 Å². The summed E-state index contributed by atoms with van der Waals surface area (Å²) in [5.41, 5.74) is 0.652. The molecular weight excluding hydrogens is 372 g/mol. The van der Waals surface area contributed by atoms with Gasteiger partial charge in [-0.25, -0.2) is 4.39 Å². The van der Waals surface area contributed by atoms with Crippen LogP contribution in [0, 0.1) is 5.82 Å². The highest BCUT2D eigenvalue weighted by Crippen LogP contribution is 2.32. The monoisotopic (exact) mass is 387 g/mol. The van der Waals surface area contributed by atoms with Crippen molar-refractivity contribution in [1.29, 1.82) is 0 Å². The van der Waals surface area contributed by atoms with Gasteiger partial charge in [-0.05, 0) is 42.8 Å². The molecule has 0 bridgehead atoms. The van der Waals surface area contributed by atoms with Gasteiger partial charge in [0.05, 0.1) is 17.4 Å². The lowest BCUT2D eigenvalue weighted by Crippen LogP contribution is -2.30. The molecule has 1 amide bonds. The Morgan fingerprint density at radius 2 is 2.04 bits per heavy atom. The number of rotatable bonds is 6. The summed E-state index contributed by atoms with van der Waals surface area (Å²) >= 11 is 13.4. The van der Waals surface area contributed by atoms with Gasteiger partial charge in [-0.2, -0.15) is 0 Å². The van der Waals surface area contributed by atoms with Crippen molar-refractivity contribution in [3.63, 3.8) is 0 Å². The highest BCUT2D eigenvalue weighted by Gasteiger charge is 2.16. The van der Waals surface area contributed by atoms with Gasteiger partial charge in [-0.15, -0.1) is 11.8 Å². The molecule has 0 heterocycles. The molecule has 0 aromatic heterocycles. The van der Waals surface area contributed by atoms with Gasteiger partial charge < -0.3 is 10.1 Å². The number of carbonyl (C=O) groups is 1. The molecule has 0 saturated carbocycles. The second-order valence-corrected chi connectivity index (χ2v) is 7.25. The Morgan fingerprint density at radius 1 is 1.29 bits per heavy atom. The quantitative estimate of drug-likeness (QED) is 0.713. The van der Waals surface area contributed by atoms with Gasteiger partial charge in [-0.3, -0.25) is 4.79 Å². The van der Waals surface area contributed by atoms with Crippen LogP contribution in [0.15, 0.2) is 41.3 Å². The van der Waals surface area contributed by atoms with Gasteiger partial charge in [0.25, 0.3) is 0 Å². The molecule has 0 aliphatic carbocycles. The number of carbonyl (C=O) groups excluding carboxylic acids is 1. The Labute approximate surface area is 154 Å². The molecular formula is C17H16Cl2FNO2S. The molecule has 0 saturated heterocycles. The highest BCUT2D eigenvalue weighted by molar-refractivity contribution is 8.00. The molecule has 128 valence electrons. The standard InChI is InChI=1S/C17H16Cl2FNO2S/c1-10(24-16-8-12(18)4-5-13(16)19)17(22)21-9-11-3-6-15(23-2)14(20)7-11/h3-8,10H,9H2,1-2H3,(H,21,22). The third-order valence-electron chi connectivity index (χ3n) is 3.25. The predicted octanol–water partition coefficient (Wildman–Crippen LogP) is 4.94. The zero-order valence-electron chi connectivity index (χ0n) is 13.1. The van der Waals surface area contributed by atoms with Crippen LogP contribution in [0.25, 0.3) is 0 Å². The van der Waals surface area contributed by atoms with Crippen LogP contribution < -0.4 is 10.1 Å². The molecule has 1 unspecified atom stereocenters. The molecule has 7 heteroatoms. The van der Waals surface area contributed by atoms with Gasteiger partial charge in [-0.1, -0.05) is 29.3 Å².